The van der Waals surface area contributed by atoms with E-state index >= 15 is 0 Å². The van der Waals surface area contributed by atoms with Gasteiger partial charge >= 0.3 is 0 Å². The summed E-state index contributed by atoms with van der Waals surface area (Å²) >= 11 is 1.64. The Morgan fingerprint density at radius 1 is 1.44 bits per heavy atom. The number of nitrogen functional groups attached to an aromatic ring is 1. The molecule has 0 spiro atoms. The Morgan fingerprint density at radius 2 is 2.33 bits per heavy atom. The van der Waals surface area contributed by atoms with Crippen molar-refractivity contribution in [3.63, 3.8) is 0 Å². The summed E-state index contributed by atoms with van der Waals surface area (Å²) in [6, 6.07) is 7.50. The van der Waals surface area contributed by atoms with Crippen molar-refractivity contribution in [3.05, 3.63) is 40.9 Å². The Bertz CT molecular complexity index is 567. The third kappa shape index (κ3) is 1.84. The molecule has 92 valence electrons. The molecule has 0 radical (unpaired) electrons. The van der Waals surface area contributed by atoms with Crippen LogP contribution in [0.1, 0.15) is 5.56 Å². The number of benzene rings is 1. The van der Waals surface area contributed by atoms with Crippen LogP contribution < -0.4 is 11.2 Å². The van der Waals surface area contributed by atoms with Crippen LogP contribution in [0.3, 0.4) is 0 Å². The topological polar surface area (TPSA) is 70.7 Å². The molecule has 3 N–H and O–H groups in total. The first-order chi connectivity index (χ1) is 8.75. The fraction of sp³-hybridized carbons (Fsp3) is 0.167. The van der Waals surface area contributed by atoms with Crippen LogP contribution in [0.5, 0.6) is 0 Å². The van der Waals surface area contributed by atoms with E-state index in [2.05, 4.69) is 10.5 Å². The van der Waals surface area contributed by atoms with Crippen molar-refractivity contribution < 1.29 is 4.79 Å². The lowest BCUT2D eigenvalue weighted by Crippen LogP contribution is -2.45. The minimum Gasteiger partial charge on any atom is -0.399 e. The second-order valence-electron chi connectivity index (χ2n) is 4.03. The Hall–Kier alpha value is -1.95. The molecule has 0 fully saturated rings. The first-order valence-corrected chi connectivity index (χ1v) is 6.64. The second kappa shape index (κ2) is 4.38. The third-order valence-electron chi connectivity index (χ3n) is 2.81. The number of fused-ring (bicyclic) bond motifs is 1. The predicted octanol–water partition coefficient (Wildman–Crippen LogP) is 0.950. The number of amides is 1. The number of nitrogens with two attached hydrogens (primary N) is 1. The van der Waals surface area contributed by atoms with E-state index in [-0.39, 0.29) is 5.91 Å². The van der Waals surface area contributed by atoms with Crippen molar-refractivity contribution in [2.75, 3.05) is 18.0 Å². The minimum absolute atomic E-state index is 0.158. The molecule has 1 amide bonds. The van der Waals surface area contributed by atoms with Crippen LogP contribution in [-0.4, -0.2) is 28.9 Å². The van der Waals surface area contributed by atoms with Gasteiger partial charge in [0.05, 0.1) is 0 Å². The van der Waals surface area contributed by atoms with Crippen LogP contribution in [0.15, 0.2) is 40.5 Å². The summed E-state index contributed by atoms with van der Waals surface area (Å²) in [6.45, 7) is 0.775. The van der Waals surface area contributed by atoms with Crippen molar-refractivity contribution in [1.82, 2.24) is 10.3 Å². The van der Waals surface area contributed by atoms with Crippen LogP contribution in [0.25, 0.3) is 0 Å². The van der Waals surface area contributed by atoms with Gasteiger partial charge in [0.15, 0.2) is 5.84 Å². The van der Waals surface area contributed by atoms with E-state index < -0.39 is 0 Å². The molecule has 1 aromatic rings. The Morgan fingerprint density at radius 3 is 3.17 bits per heavy atom. The number of rotatable bonds is 1. The van der Waals surface area contributed by atoms with E-state index in [0.717, 1.165) is 23.7 Å². The van der Waals surface area contributed by atoms with Crippen molar-refractivity contribution in [3.8, 4) is 0 Å². The minimum atomic E-state index is -0.158. The largest absolute Gasteiger partial charge is 0.399 e. The van der Waals surface area contributed by atoms with Crippen molar-refractivity contribution >= 4 is 29.2 Å². The first kappa shape index (κ1) is 11.2. The molecule has 0 aliphatic carbocycles. The molecular weight excluding hydrogens is 248 g/mol. The maximum atomic E-state index is 11.7. The molecule has 0 unspecified atom stereocenters. The predicted molar refractivity (Wildman–Crippen MR) is 72.8 cm³/mol. The lowest BCUT2D eigenvalue weighted by Gasteiger charge is -2.32. The molecule has 18 heavy (non-hydrogen) atoms. The third-order valence-corrected chi connectivity index (χ3v) is 3.62. The summed E-state index contributed by atoms with van der Waals surface area (Å²) in [5.74, 6) is 1.53. The van der Waals surface area contributed by atoms with Crippen molar-refractivity contribution in [2.45, 2.75) is 0 Å². The zero-order valence-corrected chi connectivity index (χ0v) is 10.4. The zero-order valence-electron chi connectivity index (χ0n) is 9.59. The molecular formula is C12H12N4OS. The van der Waals surface area contributed by atoms with Crippen molar-refractivity contribution in [2.24, 2.45) is 5.10 Å². The molecule has 2 aliphatic rings. The monoisotopic (exact) mass is 260 g/mol. The van der Waals surface area contributed by atoms with Crippen LogP contribution in [0.4, 0.5) is 5.69 Å². The van der Waals surface area contributed by atoms with Crippen LogP contribution in [0.2, 0.25) is 0 Å². The Kier molecular flexibility index (Phi) is 2.71. The van der Waals surface area contributed by atoms with E-state index in [1.807, 2.05) is 34.6 Å². The van der Waals surface area contributed by atoms with E-state index in [4.69, 9.17) is 5.73 Å². The number of hydrogen-bond donors (Lipinski definition) is 2. The number of carbonyl (C=O) groups is 1. The molecule has 2 heterocycles. The molecule has 0 bridgehead atoms. The average molecular weight is 260 g/mol. The molecule has 0 aromatic heterocycles. The number of hydrazone groups is 1. The van der Waals surface area contributed by atoms with Crippen molar-refractivity contribution in [1.29, 1.82) is 0 Å². The number of nitrogens with zero attached hydrogens (tertiary/aromatic N) is 2. The van der Waals surface area contributed by atoms with Gasteiger partial charge in [-0.3, -0.25) is 4.79 Å². The van der Waals surface area contributed by atoms with Gasteiger partial charge in [-0.2, -0.15) is 5.10 Å². The lowest BCUT2D eigenvalue weighted by atomic mass is 10.1. The Labute approximate surface area is 109 Å². The number of amidine groups is 1. The van der Waals surface area contributed by atoms with E-state index in [1.54, 1.807) is 11.8 Å². The summed E-state index contributed by atoms with van der Waals surface area (Å²) in [5, 5.41) is 6.02. The summed E-state index contributed by atoms with van der Waals surface area (Å²) in [6.07, 6.45) is 0. The number of carbonyl (C=O) groups excluding carboxylic acids is 1. The average Bonchev–Trinajstić information content (AvgIpc) is 2.39. The summed E-state index contributed by atoms with van der Waals surface area (Å²) in [7, 11) is 0. The highest BCUT2D eigenvalue weighted by Crippen LogP contribution is 2.24. The van der Waals surface area contributed by atoms with Gasteiger partial charge in [0.2, 0.25) is 0 Å². The zero-order chi connectivity index (χ0) is 12.5. The van der Waals surface area contributed by atoms with E-state index in [1.165, 1.54) is 0 Å². The van der Waals surface area contributed by atoms with Gasteiger partial charge < -0.3 is 10.6 Å². The lowest BCUT2D eigenvalue weighted by molar-refractivity contribution is -0.119. The Balaban J connectivity index is 2.04. The molecule has 0 saturated heterocycles. The highest BCUT2D eigenvalue weighted by molar-refractivity contribution is 8.02. The number of anilines is 1. The molecule has 2 aliphatic heterocycles. The van der Waals surface area contributed by atoms with Gasteiger partial charge in [-0.25, -0.2) is 5.43 Å². The fourth-order valence-electron chi connectivity index (χ4n) is 1.98. The summed E-state index contributed by atoms with van der Waals surface area (Å²) < 4.78 is 0. The standard InChI is InChI=1S/C12H12N4OS/c13-9-3-1-2-8(6-9)11-14-15-12(17)10-7-18-5-4-16(10)11/h1-3,6-7H,4-5,13H2,(H,15,17). The second-order valence-corrected chi connectivity index (χ2v) is 5.00. The highest BCUT2D eigenvalue weighted by Gasteiger charge is 2.29. The molecule has 3 rings (SSSR count). The SMILES string of the molecule is Nc1cccc(C2=NNC(=O)C3=CSCCN32)c1. The maximum Gasteiger partial charge on any atom is 0.288 e. The van der Waals surface area contributed by atoms with Gasteiger partial charge in [0, 0.05) is 29.0 Å². The molecule has 5 nitrogen and oxygen atoms in total. The number of hydrogen-bond acceptors (Lipinski definition) is 5. The normalized spacial score (nSPS) is 18.7. The van der Waals surface area contributed by atoms with E-state index in [0.29, 0.717) is 11.4 Å². The van der Waals surface area contributed by atoms with Crippen LogP contribution in [-0.2, 0) is 4.79 Å². The van der Waals surface area contributed by atoms with Gasteiger partial charge in [0.1, 0.15) is 5.70 Å². The van der Waals surface area contributed by atoms with E-state index in [9.17, 15) is 4.79 Å². The van der Waals surface area contributed by atoms with Crippen LogP contribution in [0, 0.1) is 0 Å². The smallest absolute Gasteiger partial charge is 0.288 e. The number of nitrogens with one attached hydrogen (secondary N) is 1. The molecule has 0 saturated carbocycles. The van der Waals surface area contributed by atoms with Crippen LogP contribution >= 0.6 is 11.8 Å². The quantitative estimate of drug-likeness (QED) is 0.738. The summed E-state index contributed by atoms with van der Waals surface area (Å²) in [4.78, 5) is 13.6. The maximum absolute atomic E-state index is 11.7. The fourth-order valence-corrected chi connectivity index (χ4v) is 2.78. The van der Waals surface area contributed by atoms with Gasteiger partial charge in [-0.15, -0.1) is 11.8 Å². The number of thioether (sulfide) groups is 1. The molecule has 0 atom stereocenters. The summed E-state index contributed by atoms with van der Waals surface area (Å²) in [5.41, 5.74) is 10.6. The molecule has 1 aromatic carbocycles. The van der Waals surface area contributed by atoms with Gasteiger partial charge in [0.25, 0.3) is 5.91 Å². The van der Waals surface area contributed by atoms with Gasteiger partial charge in [-0.1, -0.05) is 12.1 Å². The first-order valence-electron chi connectivity index (χ1n) is 5.59. The van der Waals surface area contributed by atoms with Gasteiger partial charge in [-0.05, 0) is 12.1 Å². The highest BCUT2D eigenvalue weighted by atomic mass is 32.2. The molecule has 6 heteroatoms.